The fourth-order valence-corrected chi connectivity index (χ4v) is 3.75. The minimum atomic E-state index is -1.45. The number of oxime groups is 1. The Morgan fingerprint density at radius 1 is 1.03 bits per heavy atom. The molecule has 1 aliphatic rings. The lowest BCUT2D eigenvalue weighted by Gasteiger charge is -2.39. The highest BCUT2D eigenvalue weighted by molar-refractivity contribution is 5.80. The normalized spacial score (nSPS) is 24.9. The Hall–Kier alpha value is -2.68. The molecule has 3 rings (SSSR count). The number of unbranched alkanes of at least 4 members (excludes halogenated alkanes) is 2. The van der Waals surface area contributed by atoms with Crippen molar-refractivity contribution in [3.8, 4) is 5.75 Å². The largest absolute Gasteiger partial charge is 0.506 e. The van der Waals surface area contributed by atoms with E-state index < -0.39 is 37.3 Å². The van der Waals surface area contributed by atoms with Crippen molar-refractivity contribution in [2.45, 2.75) is 75.8 Å². The summed E-state index contributed by atoms with van der Waals surface area (Å²) in [7, 11) is 0. The van der Waals surface area contributed by atoms with E-state index in [-0.39, 0.29) is 18.1 Å². The van der Waals surface area contributed by atoms with Crippen LogP contribution in [0.2, 0.25) is 0 Å². The lowest BCUT2D eigenvalue weighted by molar-refractivity contribution is -0.301. The molecule has 1 aliphatic heterocycles. The third-order valence-corrected chi connectivity index (χ3v) is 5.75. The molecule has 13 nitrogen and oxygen atoms in total. The average molecular weight is 496 g/mol. The van der Waals surface area contributed by atoms with Crippen molar-refractivity contribution in [1.29, 1.82) is 0 Å². The molecule has 194 valence electrons. The fourth-order valence-electron chi connectivity index (χ4n) is 3.75. The van der Waals surface area contributed by atoms with Crippen molar-refractivity contribution in [3.63, 3.8) is 0 Å². The maximum atomic E-state index is 9.97. The summed E-state index contributed by atoms with van der Waals surface area (Å²) in [5.74, 6) is -0.0397. The van der Waals surface area contributed by atoms with Crippen LogP contribution in [0.15, 0.2) is 23.5 Å². The van der Waals surface area contributed by atoms with Crippen LogP contribution in [0.5, 0.6) is 5.75 Å². The monoisotopic (exact) mass is 495 g/mol. The van der Waals surface area contributed by atoms with Crippen LogP contribution in [-0.4, -0.2) is 101 Å². The molecule has 0 amide bonds. The summed E-state index contributed by atoms with van der Waals surface area (Å²) in [6.45, 7) is 0.485. The van der Waals surface area contributed by atoms with Crippen LogP contribution in [-0.2, 0) is 28.9 Å². The quantitative estimate of drug-likeness (QED) is 0.0894. The minimum absolute atomic E-state index is 0.0397. The molecule has 35 heavy (non-hydrogen) atoms. The molecule has 1 saturated heterocycles. The summed E-state index contributed by atoms with van der Waals surface area (Å²) in [5, 5.41) is 68.2. The molecule has 0 aliphatic carbocycles. The van der Waals surface area contributed by atoms with E-state index in [1.54, 1.807) is 10.7 Å². The van der Waals surface area contributed by atoms with Crippen molar-refractivity contribution < 1.29 is 40.2 Å². The molecular weight excluding hydrogens is 462 g/mol. The molecule has 2 aromatic heterocycles. The highest BCUT2D eigenvalue weighted by atomic mass is 16.7. The third-order valence-electron chi connectivity index (χ3n) is 5.75. The van der Waals surface area contributed by atoms with E-state index in [0.717, 1.165) is 36.9 Å². The summed E-state index contributed by atoms with van der Waals surface area (Å²) in [5.41, 5.74) is 1.87. The number of aryl methyl sites for hydroxylation is 3. The number of ether oxygens (including phenoxy) is 2. The number of rotatable bonds is 13. The predicted octanol–water partition coefficient (Wildman–Crippen LogP) is -0.651. The van der Waals surface area contributed by atoms with E-state index in [4.69, 9.17) is 14.7 Å². The van der Waals surface area contributed by atoms with E-state index in [2.05, 4.69) is 20.5 Å². The fraction of sp³-hybridized carbons (Fsp3) is 0.636. The van der Waals surface area contributed by atoms with Crippen LogP contribution >= 0.6 is 0 Å². The summed E-state index contributed by atoms with van der Waals surface area (Å²) < 4.78 is 12.6. The van der Waals surface area contributed by atoms with Crippen LogP contribution in [0.4, 0.5) is 0 Å². The van der Waals surface area contributed by atoms with Crippen molar-refractivity contribution >= 4 is 6.21 Å². The molecule has 13 heteroatoms. The highest BCUT2D eigenvalue weighted by Crippen LogP contribution is 2.22. The number of pyridine rings is 1. The van der Waals surface area contributed by atoms with Crippen LogP contribution in [0.1, 0.15) is 42.8 Å². The average Bonchev–Trinajstić information content (AvgIpc) is 3.31. The number of aliphatic hydroxyl groups excluding tert-OH is 4. The Kier molecular flexibility index (Phi) is 10.3. The minimum Gasteiger partial charge on any atom is -0.506 e. The Morgan fingerprint density at radius 2 is 1.80 bits per heavy atom. The van der Waals surface area contributed by atoms with Gasteiger partial charge >= 0.3 is 0 Å². The smallest absolute Gasteiger partial charge is 0.186 e. The Bertz CT molecular complexity index is 940. The molecule has 1 fully saturated rings. The van der Waals surface area contributed by atoms with Gasteiger partial charge in [-0.05, 0) is 50.7 Å². The Labute approximate surface area is 202 Å². The van der Waals surface area contributed by atoms with Crippen molar-refractivity contribution in [2.75, 3.05) is 13.2 Å². The molecule has 3 heterocycles. The molecule has 6 N–H and O–H groups in total. The third kappa shape index (κ3) is 7.65. The molecule has 2 aromatic rings. The first-order valence-electron chi connectivity index (χ1n) is 11.6. The predicted molar refractivity (Wildman–Crippen MR) is 121 cm³/mol. The number of hydrogen-bond donors (Lipinski definition) is 6. The standard InChI is InChI=1S/C22H33N5O8/c28-13-18-19(30)20(31)21(32)22(35-18)34-10-4-2-6-15-12-27(26-25-15)9-3-1-5-14-7-8-17(29)16(24-14)11-23-33/h7-8,11-12,18-22,28-33H,1-6,9-10,13H2/b23-11+/t18-,19-,20+,21-,22+/m1/s1. The lowest BCUT2D eigenvalue weighted by Crippen LogP contribution is -2.59. The molecule has 0 bridgehead atoms. The topological polar surface area (TPSA) is 196 Å². The number of aromatic hydroxyl groups is 1. The van der Waals surface area contributed by atoms with Crippen LogP contribution in [0.3, 0.4) is 0 Å². The second-order valence-corrected chi connectivity index (χ2v) is 8.41. The SMILES string of the molecule is OC[C@H]1O[C@H](OCCCCc2cn(CCCCc3ccc(O)c(/C=N/O)n3)nn2)[C@H](O)[C@@H](O)[C@@H]1O. The first-order valence-corrected chi connectivity index (χ1v) is 11.6. The summed E-state index contributed by atoms with van der Waals surface area (Å²) >= 11 is 0. The van der Waals surface area contributed by atoms with Crippen LogP contribution < -0.4 is 0 Å². The van der Waals surface area contributed by atoms with Gasteiger partial charge in [-0.15, -0.1) is 5.10 Å². The zero-order valence-corrected chi connectivity index (χ0v) is 19.3. The van der Waals surface area contributed by atoms with Gasteiger partial charge in [-0.2, -0.15) is 0 Å². The van der Waals surface area contributed by atoms with Crippen LogP contribution in [0.25, 0.3) is 0 Å². The number of nitrogens with zero attached hydrogens (tertiary/aromatic N) is 5. The zero-order valence-electron chi connectivity index (χ0n) is 19.3. The summed E-state index contributed by atoms with van der Waals surface area (Å²) in [4.78, 5) is 4.25. The molecule has 0 spiro atoms. The van der Waals surface area contributed by atoms with Gasteiger partial charge in [0.2, 0.25) is 0 Å². The van der Waals surface area contributed by atoms with Crippen LogP contribution in [0, 0.1) is 0 Å². The summed E-state index contributed by atoms with van der Waals surface area (Å²) in [6.07, 6.45) is 1.21. The van der Waals surface area contributed by atoms with Gasteiger partial charge in [-0.25, -0.2) is 4.98 Å². The lowest BCUT2D eigenvalue weighted by atomic mass is 9.99. The van der Waals surface area contributed by atoms with Gasteiger partial charge in [0, 0.05) is 25.0 Å². The first kappa shape index (κ1) is 26.9. The van der Waals surface area contributed by atoms with E-state index in [1.807, 2.05) is 6.20 Å². The second kappa shape index (κ2) is 13.4. The molecular formula is C22H33N5O8. The molecule has 0 radical (unpaired) electrons. The van der Waals surface area contributed by atoms with E-state index in [0.29, 0.717) is 25.8 Å². The number of hydrogen-bond acceptors (Lipinski definition) is 12. The highest BCUT2D eigenvalue weighted by Gasteiger charge is 2.43. The Morgan fingerprint density at radius 3 is 2.57 bits per heavy atom. The summed E-state index contributed by atoms with van der Waals surface area (Å²) in [6, 6.07) is 3.26. The van der Waals surface area contributed by atoms with E-state index in [1.165, 1.54) is 6.07 Å². The van der Waals surface area contributed by atoms with Gasteiger partial charge in [-0.3, -0.25) is 4.68 Å². The van der Waals surface area contributed by atoms with Gasteiger partial charge < -0.3 is 40.2 Å². The van der Waals surface area contributed by atoms with E-state index >= 15 is 0 Å². The van der Waals surface area contributed by atoms with Crippen molar-refractivity contribution in [2.24, 2.45) is 5.16 Å². The number of aromatic nitrogens is 4. The van der Waals surface area contributed by atoms with Gasteiger partial charge in [0.15, 0.2) is 6.29 Å². The molecule has 0 saturated carbocycles. The van der Waals surface area contributed by atoms with Gasteiger partial charge in [0.25, 0.3) is 0 Å². The van der Waals surface area contributed by atoms with E-state index in [9.17, 15) is 25.5 Å². The molecule has 5 atom stereocenters. The van der Waals surface area contributed by atoms with Gasteiger partial charge in [0.1, 0.15) is 35.9 Å². The van der Waals surface area contributed by atoms with Crippen molar-refractivity contribution in [1.82, 2.24) is 20.0 Å². The number of aliphatic hydroxyl groups is 4. The maximum absolute atomic E-state index is 9.97. The first-order chi connectivity index (χ1) is 16.9. The van der Waals surface area contributed by atoms with Crippen molar-refractivity contribution in [3.05, 3.63) is 35.4 Å². The Balaban J connectivity index is 1.31. The van der Waals surface area contributed by atoms with Gasteiger partial charge in [0.05, 0.1) is 18.5 Å². The maximum Gasteiger partial charge on any atom is 0.186 e. The molecule has 0 aromatic carbocycles. The van der Waals surface area contributed by atoms with Gasteiger partial charge in [-0.1, -0.05) is 10.4 Å². The zero-order chi connectivity index (χ0) is 25.2. The second-order valence-electron chi connectivity index (χ2n) is 8.41. The molecule has 0 unspecified atom stereocenters.